The van der Waals surface area contributed by atoms with E-state index in [4.69, 9.17) is 5.11 Å². The predicted octanol–water partition coefficient (Wildman–Crippen LogP) is 2.48. The summed E-state index contributed by atoms with van der Waals surface area (Å²) in [5.74, 6) is -0.116. The summed E-state index contributed by atoms with van der Waals surface area (Å²) in [6.07, 6.45) is 1.99. The van der Waals surface area contributed by atoms with E-state index in [9.17, 15) is 4.79 Å². The molecule has 92 valence electrons. The molecule has 0 atom stereocenters. The molecule has 0 unspecified atom stereocenters. The maximum atomic E-state index is 11.1. The molecule has 0 saturated carbocycles. The summed E-state index contributed by atoms with van der Waals surface area (Å²) >= 11 is 0. The highest BCUT2D eigenvalue weighted by atomic mass is 16.4. The number of carboxylic acids is 1. The van der Waals surface area contributed by atoms with Crippen molar-refractivity contribution in [2.24, 2.45) is 0 Å². The van der Waals surface area contributed by atoms with Gasteiger partial charge in [-0.2, -0.15) is 0 Å². The lowest BCUT2D eigenvalue weighted by atomic mass is 10.2. The first-order valence-electron chi connectivity index (χ1n) is 5.62. The van der Waals surface area contributed by atoms with E-state index in [0.717, 1.165) is 5.69 Å². The van der Waals surface area contributed by atoms with Crippen LogP contribution in [0.2, 0.25) is 0 Å². The van der Waals surface area contributed by atoms with Crippen molar-refractivity contribution in [1.29, 1.82) is 0 Å². The van der Waals surface area contributed by atoms with Gasteiger partial charge in [-0.05, 0) is 12.1 Å². The summed E-state index contributed by atoms with van der Waals surface area (Å²) in [5, 5.41) is 12.1. The number of aromatic carboxylic acids is 1. The van der Waals surface area contributed by atoms with Gasteiger partial charge >= 0.3 is 5.97 Å². The number of nitrogens with zero attached hydrogens (tertiary/aromatic N) is 2. The van der Waals surface area contributed by atoms with Crippen molar-refractivity contribution in [1.82, 2.24) is 9.97 Å². The van der Waals surface area contributed by atoms with Crippen molar-refractivity contribution in [2.45, 2.75) is 13.3 Å². The molecule has 2 rings (SSSR count). The van der Waals surface area contributed by atoms with E-state index in [1.807, 2.05) is 37.3 Å². The van der Waals surface area contributed by atoms with E-state index in [-0.39, 0.29) is 5.56 Å². The van der Waals surface area contributed by atoms with Gasteiger partial charge in [-0.3, -0.25) is 0 Å². The highest BCUT2D eigenvalue weighted by Gasteiger charge is 2.13. The van der Waals surface area contributed by atoms with Crippen LogP contribution >= 0.6 is 0 Å². The zero-order valence-electron chi connectivity index (χ0n) is 9.92. The predicted molar refractivity (Wildman–Crippen MR) is 68.1 cm³/mol. The number of nitrogens with one attached hydrogen (secondary N) is 1. The van der Waals surface area contributed by atoms with Crippen LogP contribution in [0.25, 0.3) is 0 Å². The van der Waals surface area contributed by atoms with Crippen LogP contribution in [0, 0.1) is 0 Å². The number of para-hydroxylation sites is 1. The monoisotopic (exact) mass is 243 g/mol. The Labute approximate surface area is 105 Å². The number of carbonyl (C=O) groups is 1. The van der Waals surface area contributed by atoms with Crippen LogP contribution in [-0.4, -0.2) is 21.0 Å². The van der Waals surface area contributed by atoms with Gasteiger partial charge in [-0.25, -0.2) is 14.8 Å². The SMILES string of the molecule is CCc1ncc(C(=O)O)c(Nc2ccccc2)n1. The van der Waals surface area contributed by atoms with Crippen LogP contribution in [0.5, 0.6) is 0 Å². The third-order valence-electron chi connectivity index (χ3n) is 2.42. The molecule has 5 nitrogen and oxygen atoms in total. The Kier molecular flexibility index (Phi) is 3.52. The maximum absolute atomic E-state index is 11.1. The number of rotatable bonds is 4. The van der Waals surface area contributed by atoms with Gasteiger partial charge in [0.15, 0.2) is 0 Å². The van der Waals surface area contributed by atoms with Gasteiger partial charge < -0.3 is 10.4 Å². The molecule has 0 radical (unpaired) electrons. The average molecular weight is 243 g/mol. The normalized spacial score (nSPS) is 10.1. The van der Waals surface area contributed by atoms with E-state index in [2.05, 4.69) is 15.3 Å². The Morgan fingerprint density at radius 2 is 2.06 bits per heavy atom. The molecule has 18 heavy (non-hydrogen) atoms. The molecule has 0 bridgehead atoms. The topological polar surface area (TPSA) is 75.1 Å². The largest absolute Gasteiger partial charge is 0.477 e. The quantitative estimate of drug-likeness (QED) is 0.862. The Hall–Kier alpha value is -2.43. The van der Waals surface area contributed by atoms with Crippen molar-refractivity contribution < 1.29 is 9.90 Å². The number of hydrogen-bond acceptors (Lipinski definition) is 4. The van der Waals surface area contributed by atoms with Crippen LogP contribution in [0.4, 0.5) is 11.5 Å². The summed E-state index contributed by atoms with van der Waals surface area (Å²) in [6.45, 7) is 1.92. The van der Waals surface area contributed by atoms with Crippen molar-refractivity contribution >= 4 is 17.5 Å². The standard InChI is InChI=1S/C13H13N3O2/c1-2-11-14-8-10(13(17)18)12(16-11)15-9-6-4-3-5-7-9/h3-8H,2H2,1H3,(H,17,18)(H,14,15,16). The molecular formula is C13H13N3O2. The first-order chi connectivity index (χ1) is 8.70. The second kappa shape index (κ2) is 5.27. The van der Waals surface area contributed by atoms with Gasteiger partial charge in [0.1, 0.15) is 17.2 Å². The molecular weight excluding hydrogens is 230 g/mol. The molecule has 1 aromatic heterocycles. The third-order valence-corrected chi connectivity index (χ3v) is 2.42. The first-order valence-corrected chi connectivity index (χ1v) is 5.62. The average Bonchev–Trinajstić information content (AvgIpc) is 2.39. The maximum Gasteiger partial charge on any atom is 0.341 e. The third kappa shape index (κ3) is 2.63. The Bertz CT molecular complexity index is 555. The summed E-state index contributed by atoms with van der Waals surface area (Å²) in [5.41, 5.74) is 0.858. The molecule has 0 aliphatic rings. The van der Waals surface area contributed by atoms with Gasteiger partial charge in [-0.1, -0.05) is 25.1 Å². The molecule has 1 heterocycles. The van der Waals surface area contributed by atoms with E-state index in [1.165, 1.54) is 6.20 Å². The van der Waals surface area contributed by atoms with Gasteiger partial charge in [-0.15, -0.1) is 0 Å². The molecule has 2 aromatic rings. The van der Waals surface area contributed by atoms with Crippen LogP contribution in [0.1, 0.15) is 23.1 Å². The van der Waals surface area contributed by atoms with E-state index < -0.39 is 5.97 Å². The summed E-state index contributed by atoms with van der Waals surface area (Å²) in [6, 6.07) is 9.31. The van der Waals surface area contributed by atoms with Gasteiger partial charge in [0, 0.05) is 18.3 Å². The number of aryl methyl sites for hydroxylation is 1. The molecule has 0 spiro atoms. The molecule has 0 aliphatic heterocycles. The lowest BCUT2D eigenvalue weighted by Crippen LogP contribution is -2.08. The van der Waals surface area contributed by atoms with E-state index >= 15 is 0 Å². The summed E-state index contributed by atoms with van der Waals surface area (Å²) < 4.78 is 0. The van der Waals surface area contributed by atoms with E-state index in [0.29, 0.717) is 18.1 Å². The van der Waals surface area contributed by atoms with Crippen molar-refractivity contribution in [3.05, 3.63) is 47.9 Å². The Morgan fingerprint density at radius 3 is 2.67 bits per heavy atom. The molecule has 5 heteroatoms. The van der Waals surface area contributed by atoms with Crippen molar-refractivity contribution in [2.75, 3.05) is 5.32 Å². The summed E-state index contributed by atoms with van der Waals surface area (Å²) in [7, 11) is 0. The zero-order valence-corrected chi connectivity index (χ0v) is 9.92. The van der Waals surface area contributed by atoms with Gasteiger partial charge in [0.2, 0.25) is 0 Å². The van der Waals surface area contributed by atoms with Crippen LogP contribution < -0.4 is 5.32 Å². The zero-order chi connectivity index (χ0) is 13.0. The molecule has 2 N–H and O–H groups in total. The lowest BCUT2D eigenvalue weighted by molar-refractivity contribution is 0.0697. The highest BCUT2D eigenvalue weighted by molar-refractivity contribution is 5.93. The van der Waals surface area contributed by atoms with Crippen LogP contribution in [0.3, 0.4) is 0 Å². The van der Waals surface area contributed by atoms with E-state index in [1.54, 1.807) is 0 Å². The molecule has 0 fully saturated rings. The number of hydrogen-bond donors (Lipinski definition) is 2. The summed E-state index contributed by atoms with van der Waals surface area (Å²) in [4.78, 5) is 19.3. The molecule has 0 saturated heterocycles. The minimum absolute atomic E-state index is 0.0658. The van der Waals surface area contributed by atoms with Crippen molar-refractivity contribution in [3.63, 3.8) is 0 Å². The second-order valence-electron chi connectivity index (χ2n) is 3.70. The second-order valence-corrected chi connectivity index (χ2v) is 3.70. The molecule has 0 amide bonds. The number of anilines is 2. The van der Waals surface area contributed by atoms with Crippen molar-refractivity contribution in [3.8, 4) is 0 Å². The van der Waals surface area contributed by atoms with Crippen LogP contribution in [-0.2, 0) is 6.42 Å². The minimum atomic E-state index is -1.05. The fourth-order valence-electron chi connectivity index (χ4n) is 1.50. The fraction of sp³-hybridized carbons (Fsp3) is 0.154. The fourth-order valence-corrected chi connectivity index (χ4v) is 1.50. The highest BCUT2D eigenvalue weighted by Crippen LogP contribution is 2.18. The molecule has 0 aliphatic carbocycles. The first kappa shape index (κ1) is 12.0. The number of carboxylic acid groups (broad SMARTS) is 1. The smallest absolute Gasteiger partial charge is 0.341 e. The van der Waals surface area contributed by atoms with Crippen LogP contribution in [0.15, 0.2) is 36.5 Å². The number of aromatic nitrogens is 2. The lowest BCUT2D eigenvalue weighted by Gasteiger charge is -2.09. The number of benzene rings is 1. The van der Waals surface area contributed by atoms with Gasteiger partial charge in [0.25, 0.3) is 0 Å². The minimum Gasteiger partial charge on any atom is -0.477 e. The molecule has 1 aromatic carbocycles. The Balaban J connectivity index is 2.38. The van der Waals surface area contributed by atoms with Gasteiger partial charge in [0.05, 0.1) is 0 Å². The Morgan fingerprint density at radius 1 is 1.33 bits per heavy atom.